The van der Waals surface area contributed by atoms with Gasteiger partial charge in [0.15, 0.2) is 11.0 Å². The summed E-state index contributed by atoms with van der Waals surface area (Å²) in [6.45, 7) is 4.88. The second kappa shape index (κ2) is 9.06. The molecular formula is C21H26N4OS. The van der Waals surface area contributed by atoms with Gasteiger partial charge in [-0.3, -0.25) is 0 Å². The number of ether oxygens (including phenoxy) is 1. The van der Waals surface area contributed by atoms with E-state index in [1.165, 1.54) is 16.7 Å². The van der Waals surface area contributed by atoms with Gasteiger partial charge in [-0.25, -0.2) is 0 Å². The Morgan fingerprint density at radius 2 is 1.89 bits per heavy atom. The van der Waals surface area contributed by atoms with Gasteiger partial charge in [-0.2, -0.15) is 0 Å². The highest BCUT2D eigenvalue weighted by atomic mass is 32.2. The average molecular weight is 383 g/mol. The summed E-state index contributed by atoms with van der Waals surface area (Å²) in [6, 6.07) is 16.5. The Labute approximate surface area is 165 Å². The molecule has 5 nitrogen and oxygen atoms in total. The maximum absolute atomic E-state index is 6.28. The van der Waals surface area contributed by atoms with Gasteiger partial charge in [-0.05, 0) is 36.6 Å². The number of methoxy groups -OCH3 is 1. The van der Waals surface area contributed by atoms with Crippen LogP contribution in [-0.4, -0.2) is 21.9 Å². The second-order valence-electron chi connectivity index (χ2n) is 6.57. The number of aryl methyl sites for hydroxylation is 1. The van der Waals surface area contributed by atoms with Gasteiger partial charge in [-0.15, -0.1) is 10.2 Å². The van der Waals surface area contributed by atoms with E-state index in [2.05, 4.69) is 58.9 Å². The Morgan fingerprint density at radius 3 is 2.59 bits per heavy atom. The molecule has 27 heavy (non-hydrogen) atoms. The highest BCUT2D eigenvalue weighted by Crippen LogP contribution is 2.26. The van der Waals surface area contributed by atoms with E-state index >= 15 is 0 Å². The number of thioether (sulfide) groups is 1. The van der Waals surface area contributed by atoms with Crippen LogP contribution in [0.3, 0.4) is 0 Å². The predicted molar refractivity (Wildman–Crippen MR) is 110 cm³/mol. The largest absolute Gasteiger partial charge is 0.497 e. The monoisotopic (exact) mass is 382 g/mol. The van der Waals surface area contributed by atoms with E-state index in [4.69, 9.17) is 10.5 Å². The quantitative estimate of drug-likeness (QED) is 0.587. The Balaban J connectivity index is 1.83. The Kier molecular flexibility index (Phi) is 6.53. The molecule has 0 saturated heterocycles. The van der Waals surface area contributed by atoms with E-state index in [1.807, 2.05) is 18.2 Å². The average Bonchev–Trinajstić information content (AvgIpc) is 3.10. The lowest BCUT2D eigenvalue weighted by Gasteiger charge is -2.14. The first-order chi connectivity index (χ1) is 13.1. The minimum Gasteiger partial charge on any atom is -0.497 e. The van der Waals surface area contributed by atoms with E-state index < -0.39 is 0 Å². The normalized spacial score (nSPS) is 12.1. The summed E-state index contributed by atoms with van der Waals surface area (Å²) >= 11 is 1.67. The molecule has 0 fully saturated rings. The van der Waals surface area contributed by atoms with E-state index in [0.717, 1.165) is 35.4 Å². The molecule has 2 N–H and O–H groups in total. The summed E-state index contributed by atoms with van der Waals surface area (Å²) in [5.41, 5.74) is 9.93. The van der Waals surface area contributed by atoms with Crippen LogP contribution in [0.25, 0.3) is 0 Å². The molecule has 1 heterocycles. The first-order valence-corrected chi connectivity index (χ1v) is 10.1. The van der Waals surface area contributed by atoms with Crippen LogP contribution in [0.1, 0.15) is 41.9 Å². The first kappa shape index (κ1) is 19.5. The van der Waals surface area contributed by atoms with Gasteiger partial charge in [0.2, 0.25) is 0 Å². The van der Waals surface area contributed by atoms with Gasteiger partial charge in [0.1, 0.15) is 5.75 Å². The van der Waals surface area contributed by atoms with Crippen LogP contribution in [0.15, 0.2) is 53.7 Å². The van der Waals surface area contributed by atoms with E-state index in [9.17, 15) is 0 Å². The molecule has 0 radical (unpaired) electrons. The number of hydrogen-bond donors (Lipinski definition) is 1. The predicted octanol–water partition coefficient (Wildman–Crippen LogP) is 4.35. The smallest absolute Gasteiger partial charge is 0.191 e. The molecule has 0 saturated carbocycles. The fraction of sp³-hybridized carbons (Fsp3) is 0.333. The van der Waals surface area contributed by atoms with Crippen molar-refractivity contribution in [3.63, 3.8) is 0 Å². The van der Waals surface area contributed by atoms with Crippen molar-refractivity contribution in [3.8, 4) is 5.75 Å². The van der Waals surface area contributed by atoms with Crippen molar-refractivity contribution in [1.82, 2.24) is 14.8 Å². The summed E-state index contributed by atoms with van der Waals surface area (Å²) in [5.74, 6) is 2.50. The topological polar surface area (TPSA) is 66.0 Å². The third-order valence-electron chi connectivity index (χ3n) is 4.48. The molecular weight excluding hydrogens is 356 g/mol. The Morgan fingerprint density at radius 1 is 1.11 bits per heavy atom. The molecule has 3 rings (SSSR count). The standard InChI is InChI=1S/C21H26N4OS/c1-4-19(22)20-23-24-21(25(20)13-16-10-8-15(2)9-11-16)27-14-17-6-5-7-18(12-17)26-3/h5-12,19H,4,13-14,22H2,1-3H3. The van der Waals surface area contributed by atoms with Gasteiger partial charge in [0, 0.05) is 5.75 Å². The van der Waals surface area contributed by atoms with Crippen molar-refractivity contribution >= 4 is 11.8 Å². The number of nitrogens with zero attached hydrogens (tertiary/aromatic N) is 3. The van der Waals surface area contributed by atoms with E-state index in [-0.39, 0.29) is 6.04 Å². The lowest BCUT2D eigenvalue weighted by molar-refractivity contribution is 0.414. The molecule has 6 heteroatoms. The third kappa shape index (κ3) is 4.90. The zero-order valence-corrected chi connectivity index (χ0v) is 16.9. The first-order valence-electron chi connectivity index (χ1n) is 9.10. The van der Waals surface area contributed by atoms with Gasteiger partial charge >= 0.3 is 0 Å². The summed E-state index contributed by atoms with van der Waals surface area (Å²) in [5, 5.41) is 9.70. The number of nitrogens with two attached hydrogens (primary N) is 1. The summed E-state index contributed by atoms with van der Waals surface area (Å²) in [6.07, 6.45) is 0.826. The van der Waals surface area contributed by atoms with Gasteiger partial charge in [-0.1, -0.05) is 60.6 Å². The SMILES string of the molecule is CCC(N)c1nnc(SCc2cccc(OC)c2)n1Cc1ccc(C)cc1. The fourth-order valence-corrected chi connectivity index (χ4v) is 3.69. The third-order valence-corrected chi connectivity index (χ3v) is 5.52. The van der Waals surface area contributed by atoms with Crippen molar-refractivity contribution in [3.05, 3.63) is 71.0 Å². The number of aromatic nitrogens is 3. The maximum Gasteiger partial charge on any atom is 0.191 e. The van der Waals surface area contributed by atoms with Crippen molar-refractivity contribution in [1.29, 1.82) is 0 Å². The zero-order chi connectivity index (χ0) is 19.2. The lowest BCUT2D eigenvalue weighted by atomic mass is 10.1. The van der Waals surface area contributed by atoms with E-state index in [1.54, 1.807) is 18.9 Å². The molecule has 0 bridgehead atoms. The van der Waals surface area contributed by atoms with Crippen molar-refractivity contribution in [2.24, 2.45) is 5.73 Å². The zero-order valence-electron chi connectivity index (χ0n) is 16.1. The molecule has 1 unspecified atom stereocenters. The molecule has 0 spiro atoms. The molecule has 0 aliphatic carbocycles. The van der Waals surface area contributed by atoms with Crippen molar-refractivity contribution in [2.75, 3.05) is 7.11 Å². The molecule has 1 aromatic heterocycles. The van der Waals surface area contributed by atoms with Crippen LogP contribution in [0.2, 0.25) is 0 Å². The summed E-state index contributed by atoms with van der Waals surface area (Å²) < 4.78 is 7.45. The molecule has 142 valence electrons. The minimum atomic E-state index is -0.117. The molecule has 3 aromatic rings. The second-order valence-corrected chi connectivity index (χ2v) is 7.51. The molecule has 1 atom stereocenters. The molecule has 0 aliphatic heterocycles. The molecule has 0 amide bonds. The van der Waals surface area contributed by atoms with Crippen LogP contribution < -0.4 is 10.5 Å². The van der Waals surface area contributed by atoms with Gasteiger partial charge < -0.3 is 15.0 Å². The Hall–Kier alpha value is -2.31. The van der Waals surface area contributed by atoms with E-state index in [0.29, 0.717) is 0 Å². The number of hydrogen-bond acceptors (Lipinski definition) is 5. The van der Waals surface area contributed by atoms with Gasteiger partial charge in [0.05, 0.1) is 19.7 Å². The molecule has 2 aromatic carbocycles. The lowest BCUT2D eigenvalue weighted by Crippen LogP contribution is -2.17. The van der Waals surface area contributed by atoms with Crippen molar-refractivity contribution < 1.29 is 4.74 Å². The number of rotatable bonds is 8. The van der Waals surface area contributed by atoms with Crippen molar-refractivity contribution in [2.45, 2.75) is 43.8 Å². The number of benzene rings is 2. The summed E-state index contributed by atoms with van der Waals surface area (Å²) in [4.78, 5) is 0. The minimum absolute atomic E-state index is 0.117. The van der Waals surface area contributed by atoms with Gasteiger partial charge in [0.25, 0.3) is 0 Å². The fourth-order valence-electron chi connectivity index (χ4n) is 2.80. The maximum atomic E-state index is 6.28. The summed E-state index contributed by atoms with van der Waals surface area (Å²) in [7, 11) is 1.68. The Bertz CT molecular complexity index is 876. The van der Waals surface area contributed by atoms with Crippen LogP contribution in [0.4, 0.5) is 0 Å². The highest BCUT2D eigenvalue weighted by Gasteiger charge is 2.18. The van der Waals surface area contributed by atoms with Crippen LogP contribution in [0.5, 0.6) is 5.75 Å². The van der Waals surface area contributed by atoms with Crippen LogP contribution in [-0.2, 0) is 12.3 Å². The van der Waals surface area contributed by atoms with Crippen LogP contribution >= 0.6 is 11.8 Å². The van der Waals surface area contributed by atoms with Crippen LogP contribution in [0, 0.1) is 6.92 Å². The molecule has 0 aliphatic rings. The highest BCUT2D eigenvalue weighted by molar-refractivity contribution is 7.98.